The average molecular weight is 289 g/mol. The molecule has 1 amide bonds. The number of thioether (sulfide) groups is 1. The number of aliphatic hydroxyl groups is 2. The van der Waals surface area contributed by atoms with Crippen LogP contribution in [0.15, 0.2) is 11.0 Å². The summed E-state index contributed by atoms with van der Waals surface area (Å²) in [7, 11) is 0. The first-order valence-corrected chi connectivity index (χ1v) is 7.37. The summed E-state index contributed by atoms with van der Waals surface area (Å²) in [6.07, 6.45) is 0.733. The van der Waals surface area contributed by atoms with Crippen LogP contribution in [-0.2, 0) is 4.74 Å². The average Bonchev–Trinajstić information content (AvgIpc) is 2.78. The normalized spacial score (nSPS) is 16.2. The quantitative estimate of drug-likeness (QED) is 0.717. The number of ether oxygens (including phenoxy) is 1. The molecule has 110 valence electrons. The van der Waals surface area contributed by atoms with E-state index in [9.17, 15) is 15.0 Å². The minimum absolute atomic E-state index is 0.329. The van der Waals surface area contributed by atoms with Gasteiger partial charge in [-0.2, -0.15) is 0 Å². The molecule has 0 radical (unpaired) electrons. The van der Waals surface area contributed by atoms with Gasteiger partial charge in [0, 0.05) is 5.75 Å². The van der Waals surface area contributed by atoms with Gasteiger partial charge < -0.3 is 20.3 Å². The molecule has 1 aliphatic rings. The Morgan fingerprint density at radius 3 is 2.47 bits per heavy atom. The summed E-state index contributed by atoms with van der Waals surface area (Å²) in [5.41, 5.74) is -0.536. The van der Waals surface area contributed by atoms with Crippen LogP contribution in [0.1, 0.15) is 33.6 Å². The highest BCUT2D eigenvalue weighted by atomic mass is 32.2. The minimum Gasteiger partial charge on any atom is -0.444 e. The van der Waals surface area contributed by atoms with Crippen LogP contribution in [0.3, 0.4) is 0 Å². The second kappa shape index (κ2) is 6.63. The van der Waals surface area contributed by atoms with Crippen molar-refractivity contribution in [2.45, 2.75) is 44.8 Å². The van der Waals surface area contributed by atoms with Crippen molar-refractivity contribution in [3.63, 3.8) is 0 Å². The fraction of sp³-hybridized carbons (Fsp3) is 0.769. The number of amides is 1. The van der Waals surface area contributed by atoms with E-state index < -0.39 is 17.2 Å². The third kappa shape index (κ3) is 5.42. The van der Waals surface area contributed by atoms with Crippen molar-refractivity contribution in [1.82, 2.24) is 5.32 Å². The first-order chi connectivity index (χ1) is 8.80. The van der Waals surface area contributed by atoms with E-state index in [1.165, 1.54) is 0 Å². The smallest absolute Gasteiger partial charge is 0.408 e. The first kappa shape index (κ1) is 16.3. The molecule has 0 unspecified atom stereocenters. The predicted octanol–water partition coefficient (Wildman–Crippen LogP) is 1.65. The van der Waals surface area contributed by atoms with Gasteiger partial charge in [0.1, 0.15) is 5.60 Å². The lowest BCUT2D eigenvalue weighted by molar-refractivity contribution is 0.0295. The van der Waals surface area contributed by atoms with Gasteiger partial charge in [0.05, 0.1) is 18.8 Å². The third-order valence-corrected chi connectivity index (χ3v) is 3.67. The molecular weight excluding hydrogens is 266 g/mol. The van der Waals surface area contributed by atoms with Crippen LogP contribution in [-0.4, -0.2) is 46.4 Å². The summed E-state index contributed by atoms with van der Waals surface area (Å²) >= 11 is 1.70. The number of nitrogens with one attached hydrogen (secondary N) is 1. The van der Waals surface area contributed by atoms with Gasteiger partial charge in [-0.15, -0.1) is 11.8 Å². The zero-order valence-corrected chi connectivity index (χ0v) is 12.5. The van der Waals surface area contributed by atoms with E-state index in [4.69, 9.17) is 4.74 Å². The van der Waals surface area contributed by atoms with E-state index in [-0.39, 0.29) is 13.2 Å². The van der Waals surface area contributed by atoms with Crippen LogP contribution in [0.2, 0.25) is 0 Å². The SMILES string of the molecule is CC(C)(C)OC(=O)NC(CO)(CO)CC1=CSCC1. The van der Waals surface area contributed by atoms with E-state index in [1.54, 1.807) is 32.5 Å². The summed E-state index contributed by atoms with van der Waals surface area (Å²) in [5.74, 6) is 1.01. The monoisotopic (exact) mass is 289 g/mol. The summed E-state index contributed by atoms with van der Waals surface area (Å²) < 4.78 is 5.16. The van der Waals surface area contributed by atoms with Crippen molar-refractivity contribution in [2.24, 2.45) is 0 Å². The van der Waals surface area contributed by atoms with Gasteiger partial charge in [-0.3, -0.25) is 0 Å². The van der Waals surface area contributed by atoms with E-state index >= 15 is 0 Å². The number of aliphatic hydroxyl groups excluding tert-OH is 2. The molecule has 0 fully saturated rings. The minimum atomic E-state index is -1.06. The van der Waals surface area contributed by atoms with Gasteiger partial charge in [0.15, 0.2) is 0 Å². The van der Waals surface area contributed by atoms with Gasteiger partial charge in [0.2, 0.25) is 0 Å². The summed E-state index contributed by atoms with van der Waals surface area (Å²) in [4.78, 5) is 11.8. The lowest BCUT2D eigenvalue weighted by atomic mass is 9.92. The fourth-order valence-corrected chi connectivity index (χ4v) is 2.73. The van der Waals surface area contributed by atoms with Crippen molar-refractivity contribution in [3.8, 4) is 0 Å². The van der Waals surface area contributed by atoms with Gasteiger partial charge in [0.25, 0.3) is 0 Å². The molecule has 0 saturated heterocycles. The van der Waals surface area contributed by atoms with Crippen LogP contribution < -0.4 is 5.32 Å². The van der Waals surface area contributed by atoms with Crippen molar-refractivity contribution in [1.29, 1.82) is 0 Å². The number of carbonyl (C=O) groups excluding carboxylic acids is 1. The Labute approximate surface area is 118 Å². The summed E-state index contributed by atoms with van der Waals surface area (Å²) in [5, 5.41) is 23.7. The fourth-order valence-electron chi connectivity index (χ4n) is 1.80. The highest BCUT2D eigenvalue weighted by Crippen LogP contribution is 2.28. The van der Waals surface area contributed by atoms with Crippen LogP contribution >= 0.6 is 11.8 Å². The number of hydrogen-bond acceptors (Lipinski definition) is 5. The van der Waals surface area contributed by atoms with Crippen molar-refractivity contribution < 1.29 is 19.7 Å². The molecule has 0 aromatic heterocycles. The van der Waals surface area contributed by atoms with E-state index in [2.05, 4.69) is 5.32 Å². The second-order valence-electron chi connectivity index (χ2n) is 5.80. The molecule has 0 bridgehead atoms. The first-order valence-electron chi connectivity index (χ1n) is 6.33. The van der Waals surface area contributed by atoms with Crippen LogP contribution in [0.5, 0.6) is 0 Å². The molecule has 5 nitrogen and oxygen atoms in total. The highest BCUT2D eigenvalue weighted by molar-refractivity contribution is 8.02. The lowest BCUT2D eigenvalue weighted by Crippen LogP contribution is -2.55. The molecule has 0 aromatic rings. The molecule has 0 atom stereocenters. The Morgan fingerprint density at radius 2 is 2.05 bits per heavy atom. The number of rotatable bonds is 5. The Bertz CT molecular complexity index is 345. The molecule has 1 heterocycles. The number of carbonyl (C=O) groups is 1. The van der Waals surface area contributed by atoms with Crippen LogP contribution in [0.4, 0.5) is 4.79 Å². The maximum Gasteiger partial charge on any atom is 0.408 e. The molecule has 3 N–H and O–H groups in total. The number of alkyl carbamates (subject to hydrolysis) is 1. The van der Waals surface area contributed by atoms with E-state index in [1.807, 2.05) is 5.41 Å². The molecule has 0 spiro atoms. The Morgan fingerprint density at radius 1 is 1.42 bits per heavy atom. The maximum absolute atomic E-state index is 11.8. The molecule has 19 heavy (non-hydrogen) atoms. The Balaban J connectivity index is 2.67. The molecular formula is C13H23NO4S. The van der Waals surface area contributed by atoms with Crippen molar-refractivity contribution >= 4 is 17.9 Å². The second-order valence-corrected chi connectivity index (χ2v) is 6.77. The van der Waals surface area contributed by atoms with E-state index in [0.717, 1.165) is 17.7 Å². The Kier molecular flexibility index (Phi) is 5.70. The van der Waals surface area contributed by atoms with Crippen molar-refractivity contribution in [2.75, 3.05) is 19.0 Å². The van der Waals surface area contributed by atoms with Gasteiger partial charge >= 0.3 is 6.09 Å². The third-order valence-electron chi connectivity index (χ3n) is 2.73. The van der Waals surface area contributed by atoms with Gasteiger partial charge in [-0.1, -0.05) is 5.57 Å². The predicted molar refractivity (Wildman–Crippen MR) is 76.0 cm³/mol. The molecule has 0 aliphatic carbocycles. The van der Waals surface area contributed by atoms with Crippen LogP contribution in [0, 0.1) is 0 Å². The highest BCUT2D eigenvalue weighted by Gasteiger charge is 2.34. The van der Waals surface area contributed by atoms with Crippen molar-refractivity contribution in [3.05, 3.63) is 11.0 Å². The molecule has 6 heteroatoms. The molecule has 0 aromatic carbocycles. The standard InChI is InChI=1S/C13H23NO4S/c1-12(2,3)18-11(17)14-13(8-15,9-16)6-10-4-5-19-7-10/h7,15-16H,4-6,8-9H2,1-3H3,(H,14,17). The Hall–Kier alpha value is -0.720. The zero-order valence-electron chi connectivity index (χ0n) is 11.7. The summed E-state index contributed by atoms with van der Waals surface area (Å²) in [6, 6.07) is 0. The number of hydrogen-bond donors (Lipinski definition) is 3. The van der Waals surface area contributed by atoms with Gasteiger partial charge in [-0.25, -0.2) is 4.79 Å². The molecule has 1 aliphatic heterocycles. The van der Waals surface area contributed by atoms with Crippen LogP contribution in [0.25, 0.3) is 0 Å². The summed E-state index contributed by atoms with van der Waals surface area (Å²) in [6.45, 7) is 4.64. The van der Waals surface area contributed by atoms with Gasteiger partial charge in [-0.05, 0) is 39.0 Å². The van der Waals surface area contributed by atoms with E-state index in [0.29, 0.717) is 6.42 Å². The molecule has 1 rings (SSSR count). The largest absolute Gasteiger partial charge is 0.444 e. The topological polar surface area (TPSA) is 78.8 Å². The maximum atomic E-state index is 11.8. The lowest BCUT2D eigenvalue weighted by Gasteiger charge is -2.32. The zero-order chi connectivity index (χ0) is 14.5. The molecule has 0 saturated carbocycles.